The van der Waals surface area contributed by atoms with Crippen molar-refractivity contribution in [3.63, 3.8) is 0 Å². The predicted octanol–water partition coefficient (Wildman–Crippen LogP) is 0.720. The minimum atomic E-state index is -1.07. The van der Waals surface area contributed by atoms with Gasteiger partial charge in [0.15, 0.2) is 5.78 Å². The van der Waals surface area contributed by atoms with Gasteiger partial charge in [-0.2, -0.15) is 25.3 Å². The highest BCUT2D eigenvalue weighted by Crippen LogP contribution is 2.23. The molecule has 0 saturated carbocycles. The Balaban J connectivity index is 4.00. The van der Waals surface area contributed by atoms with E-state index in [1.165, 1.54) is 6.92 Å². The average Bonchev–Trinajstić information content (AvgIpc) is 1.65. The second-order valence-electron chi connectivity index (χ2n) is 1.74. The van der Waals surface area contributed by atoms with Gasteiger partial charge in [0, 0.05) is 6.42 Å². The average molecular weight is 164 g/mol. The van der Waals surface area contributed by atoms with Crippen LogP contribution in [0.2, 0.25) is 0 Å². The first-order valence-corrected chi connectivity index (χ1v) is 3.29. The number of carbonyl (C=O) groups excluding carboxylic acids is 2. The molecule has 0 aromatic carbocycles. The summed E-state index contributed by atoms with van der Waals surface area (Å²) in [6, 6.07) is 0. The molecule has 0 aliphatic rings. The van der Waals surface area contributed by atoms with Crippen LogP contribution in [-0.4, -0.2) is 16.1 Å². The molecule has 0 aliphatic carbocycles. The van der Waals surface area contributed by atoms with E-state index in [-0.39, 0.29) is 12.2 Å². The number of Topliss-reactive ketones (excluding diaryl/α,β-unsaturated/α-hetero) is 1. The lowest BCUT2D eigenvalue weighted by Crippen LogP contribution is -2.23. The van der Waals surface area contributed by atoms with Gasteiger partial charge >= 0.3 is 0 Å². The summed E-state index contributed by atoms with van der Waals surface area (Å²) in [6.07, 6.45) is 0.677. The van der Waals surface area contributed by atoms with Gasteiger partial charge in [0.25, 0.3) is 0 Å². The molecular formula is C5H8O2S2. The van der Waals surface area contributed by atoms with E-state index in [2.05, 4.69) is 25.3 Å². The number of hydrogen-bond donors (Lipinski definition) is 2. The predicted molar refractivity (Wildman–Crippen MR) is 42.1 cm³/mol. The van der Waals surface area contributed by atoms with Crippen LogP contribution < -0.4 is 0 Å². The second-order valence-corrected chi connectivity index (χ2v) is 3.62. The van der Waals surface area contributed by atoms with Crippen molar-refractivity contribution in [1.82, 2.24) is 0 Å². The van der Waals surface area contributed by atoms with Crippen LogP contribution in [0.5, 0.6) is 0 Å². The van der Waals surface area contributed by atoms with Gasteiger partial charge in [-0.1, -0.05) is 0 Å². The van der Waals surface area contributed by atoms with Gasteiger partial charge in [0.1, 0.15) is 10.4 Å². The minimum absolute atomic E-state index is 0.0502. The smallest absolute Gasteiger partial charge is 0.155 e. The van der Waals surface area contributed by atoms with Crippen molar-refractivity contribution in [2.75, 3.05) is 0 Å². The number of carbonyl (C=O) groups is 2. The van der Waals surface area contributed by atoms with E-state index in [0.29, 0.717) is 6.29 Å². The second kappa shape index (κ2) is 3.27. The molecule has 0 unspecified atom stereocenters. The number of rotatable bonds is 3. The molecule has 4 heteroatoms. The molecule has 9 heavy (non-hydrogen) atoms. The fourth-order valence-corrected chi connectivity index (χ4v) is 0.409. The Labute approximate surface area is 64.8 Å². The summed E-state index contributed by atoms with van der Waals surface area (Å²) in [5, 5.41) is 0. The van der Waals surface area contributed by atoms with E-state index < -0.39 is 4.08 Å². The Morgan fingerprint density at radius 2 is 2.11 bits per heavy atom. The van der Waals surface area contributed by atoms with Gasteiger partial charge in [-0.05, 0) is 6.92 Å². The third-order valence-corrected chi connectivity index (χ3v) is 1.93. The van der Waals surface area contributed by atoms with Crippen LogP contribution in [0.15, 0.2) is 0 Å². The van der Waals surface area contributed by atoms with Crippen molar-refractivity contribution in [3.05, 3.63) is 0 Å². The SMILES string of the molecule is CC(=O)C(S)(S)CC=O. The number of thiol groups is 2. The summed E-state index contributed by atoms with van der Waals surface area (Å²) < 4.78 is -1.07. The minimum Gasteiger partial charge on any atom is -0.303 e. The zero-order chi connectivity index (χ0) is 7.49. The molecule has 0 atom stereocenters. The van der Waals surface area contributed by atoms with E-state index in [9.17, 15) is 9.59 Å². The Morgan fingerprint density at radius 3 is 2.22 bits per heavy atom. The standard InChI is InChI=1S/C5H8O2S2/c1-4(7)5(8,9)2-3-6/h3,8-9H,2H2,1H3. The highest BCUT2D eigenvalue weighted by molar-refractivity contribution is 8.02. The maximum atomic E-state index is 10.5. The molecule has 0 aromatic heterocycles. The molecule has 2 nitrogen and oxygen atoms in total. The molecule has 0 N–H and O–H groups in total. The summed E-state index contributed by atoms with van der Waals surface area (Å²) in [4.78, 5) is 20.4. The van der Waals surface area contributed by atoms with E-state index in [4.69, 9.17) is 0 Å². The molecule has 0 amide bonds. The maximum Gasteiger partial charge on any atom is 0.155 e. The molecule has 0 spiro atoms. The van der Waals surface area contributed by atoms with Crippen LogP contribution in [0, 0.1) is 0 Å². The van der Waals surface area contributed by atoms with Crippen LogP contribution in [0.3, 0.4) is 0 Å². The van der Waals surface area contributed by atoms with Crippen LogP contribution >= 0.6 is 25.3 Å². The summed E-state index contributed by atoms with van der Waals surface area (Å²) in [7, 11) is 0. The highest BCUT2D eigenvalue weighted by atomic mass is 32.2. The van der Waals surface area contributed by atoms with Gasteiger partial charge < -0.3 is 4.79 Å². The van der Waals surface area contributed by atoms with E-state index in [1.807, 2.05) is 0 Å². The first-order chi connectivity index (χ1) is 4.00. The van der Waals surface area contributed by atoms with Crippen LogP contribution in [0.25, 0.3) is 0 Å². The van der Waals surface area contributed by atoms with Crippen molar-refractivity contribution in [3.8, 4) is 0 Å². The third kappa shape index (κ3) is 2.91. The zero-order valence-corrected chi connectivity index (χ0v) is 6.78. The fraction of sp³-hybridized carbons (Fsp3) is 0.600. The summed E-state index contributed by atoms with van der Waals surface area (Å²) in [6.45, 7) is 1.35. The van der Waals surface area contributed by atoms with Gasteiger partial charge in [-0.3, -0.25) is 4.79 Å². The van der Waals surface area contributed by atoms with Gasteiger partial charge in [-0.25, -0.2) is 0 Å². The summed E-state index contributed by atoms with van der Waals surface area (Å²) in [5.41, 5.74) is 0. The summed E-state index contributed by atoms with van der Waals surface area (Å²) >= 11 is 7.69. The number of aldehydes is 1. The molecule has 0 aromatic rings. The molecule has 52 valence electrons. The maximum absolute atomic E-state index is 10.5. The van der Waals surface area contributed by atoms with Gasteiger partial charge in [0.2, 0.25) is 0 Å². The molecular weight excluding hydrogens is 156 g/mol. The van der Waals surface area contributed by atoms with Gasteiger partial charge in [-0.15, -0.1) is 0 Å². The normalized spacial score (nSPS) is 11.0. The lowest BCUT2D eigenvalue weighted by molar-refractivity contribution is -0.119. The molecule has 0 aliphatic heterocycles. The Hall–Kier alpha value is 0.0400. The quantitative estimate of drug-likeness (QED) is 0.366. The Bertz CT molecular complexity index is 131. The van der Waals surface area contributed by atoms with E-state index >= 15 is 0 Å². The molecule has 0 fully saturated rings. The molecule has 0 rings (SSSR count). The van der Waals surface area contributed by atoms with Crippen LogP contribution in [-0.2, 0) is 9.59 Å². The van der Waals surface area contributed by atoms with Crippen molar-refractivity contribution in [2.45, 2.75) is 17.4 Å². The molecule has 0 saturated heterocycles. The highest BCUT2D eigenvalue weighted by Gasteiger charge is 2.24. The lowest BCUT2D eigenvalue weighted by atomic mass is 10.2. The van der Waals surface area contributed by atoms with Crippen molar-refractivity contribution < 1.29 is 9.59 Å². The first-order valence-electron chi connectivity index (χ1n) is 2.40. The third-order valence-electron chi connectivity index (χ3n) is 0.932. The van der Waals surface area contributed by atoms with Crippen molar-refractivity contribution in [1.29, 1.82) is 0 Å². The monoisotopic (exact) mass is 164 g/mol. The van der Waals surface area contributed by atoms with Crippen LogP contribution in [0.1, 0.15) is 13.3 Å². The summed E-state index contributed by atoms with van der Waals surface area (Å²) in [5.74, 6) is -0.207. The lowest BCUT2D eigenvalue weighted by Gasteiger charge is -2.13. The first kappa shape index (κ1) is 9.04. The molecule has 0 heterocycles. The Kier molecular flexibility index (Phi) is 3.28. The van der Waals surface area contributed by atoms with E-state index in [1.54, 1.807) is 0 Å². The van der Waals surface area contributed by atoms with Crippen molar-refractivity contribution >= 4 is 37.3 Å². The van der Waals surface area contributed by atoms with E-state index in [0.717, 1.165) is 0 Å². The van der Waals surface area contributed by atoms with Crippen LogP contribution in [0.4, 0.5) is 0 Å². The molecule has 0 bridgehead atoms. The van der Waals surface area contributed by atoms with Crippen molar-refractivity contribution in [2.24, 2.45) is 0 Å². The number of ketones is 1. The Morgan fingerprint density at radius 1 is 1.67 bits per heavy atom. The zero-order valence-electron chi connectivity index (χ0n) is 5.00. The van der Waals surface area contributed by atoms with Gasteiger partial charge in [0.05, 0.1) is 0 Å². The largest absolute Gasteiger partial charge is 0.303 e. The fourth-order valence-electron chi connectivity index (χ4n) is 0.260. The molecule has 0 radical (unpaired) electrons. The topological polar surface area (TPSA) is 34.1 Å². The number of hydrogen-bond acceptors (Lipinski definition) is 4.